The fourth-order valence-corrected chi connectivity index (χ4v) is 4.12. The highest BCUT2D eigenvalue weighted by Gasteiger charge is 2.37. The zero-order valence-corrected chi connectivity index (χ0v) is 12.0. The molecule has 1 aromatic rings. The molecular weight excluding hydrogens is 230 g/mol. The molecule has 0 atom stereocenters. The van der Waals surface area contributed by atoms with Crippen LogP contribution in [0.5, 0.6) is 0 Å². The molecule has 0 aliphatic heterocycles. The van der Waals surface area contributed by atoms with Gasteiger partial charge in [0.15, 0.2) is 0 Å². The van der Waals surface area contributed by atoms with Crippen LogP contribution in [0.15, 0.2) is 30.3 Å². The van der Waals surface area contributed by atoms with E-state index in [0.29, 0.717) is 0 Å². The lowest BCUT2D eigenvalue weighted by Crippen LogP contribution is -2.37. The highest BCUT2D eigenvalue weighted by Crippen LogP contribution is 2.48. The van der Waals surface area contributed by atoms with Gasteiger partial charge in [0.2, 0.25) is 0 Å². The summed E-state index contributed by atoms with van der Waals surface area (Å²) in [5, 5.41) is 3.78. The monoisotopic (exact) mass is 257 g/mol. The van der Waals surface area contributed by atoms with E-state index in [1.807, 2.05) is 0 Å². The third-order valence-electron chi connectivity index (χ3n) is 5.40. The molecule has 104 valence electrons. The summed E-state index contributed by atoms with van der Waals surface area (Å²) in [5.74, 6) is 0. The Morgan fingerprint density at radius 2 is 1.63 bits per heavy atom. The van der Waals surface area contributed by atoms with Crippen molar-refractivity contribution in [1.82, 2.24) is 5.32 Å². The van der Waals surface area contributed by atoms with E-state index in [1.165, 1.54) is 63.4 Å². The summed E-state index contributed by atoms with van der Waals surface area (Å²) in [6.07, 6.45) is 13.0. The number of nitrogens with one attached hydrogen (secondary N) is 1. The molecule has 1 spiro atoms. The lowest BCUT2D eigenvalue weighted by Gasteiger charge is -2.37. The van der Waals surface area contributed by atoms with Crippen molar-refractivity contribution in [2.24, 2.45) is 5.41 Å². The average molecular weight is 257 g/mol. The van der Waals surface area contributed by atoms with E-state index < -0.39 is 0 Å². The summed E-state index contributed by atoms with van der Waals surface area (Å²) < 4.78 is 0. The zero-order chi connectivity index (χ0) is 13.0. The molecule has 1 N–H and O–H groups in total. The summed E-state index contributed by atoms with van der Waals surface area (Å²) in [4.78, 5) is 0. The van der Waals surface area contributed by atoms with Crippen LogP contribution in [0.25, 0.3) is 0 Å². The Balaban J connectivity index is 1.38. The lowest BCUT2D eigenvalue weighted by atomic mass is 9.71. The summed E-state index contributed by atoms with van der Waals surface area (Å²) in [6, 6.07) is 11.6. The first kappa shape index (κ1) is 13.2. The van der Waals surface area contributed by atoms with Crippen molar-refractivity contribution in [2.75, 3.05) is 6.54 Å². The summed E-state index contributed by atoms with van der Waals surface area (Å²) in [6.45, 7) is 1.14. The van der Waals surface area contributed by atoms with Crippen molar-refractivity contribution in [1.29, 1.82) is 0 Å². The maximum Gasteiger partial charge on any atom is 0.00676 e. The second-order valence-electron chi connectivity index (χ2n) is 6.67. The van der Waals surface area contributed by atoms with Gasteiger partial charge in [-0.15, -0.1) is 0 Å². The molecule has 3 rings (SSSR count). The Hall–Kier alpha value is -0.820. The standard InChI is InChI=1S/C18H27N/c1-2-6-16(7-3-1)10-15-19-17-8-13-18(14-9-17)11-4-5-12-18/h1-3,6-7,17,19H,4-5,8-15H2. The molecule has 0 unspecified atom stereocenters. The molecule has 0 heterocycles. The van der Waals surface area contributed by atoms with Gasteiger partial charge < -0.3 is 5.32 Å². The number of hydrogen-bond donors (Lipinski definition) is 1. The van der Waals surface area contributed by atoms with Gasteiger partial charge in [-0.1, -0.05) is 43.2 Å². The SMILES string of the molecule is c1ccc(CCNC2CCC3(CCCC3)CC2)cc1. The van der Waals surface area contributed by atoms with Gasteiger partial charge in [0.1, 0.15) is 0 Å². The number of benzene rings is 1. The van der Waals surface area contributed by atoms with Crippen LogP contribution in [-0.4, -0.2) is 12.6 Å². The maximum absolute atomic E-state index is 3.78. The summed E-state index contributed by atoms with van der Waals surface area (Å²) >= 11 is 0. The normalized spacial score (nSPS) is 22.9. The van der Waals surface area contributed by atoms with Gasteiger partial charge in [-0.25, -0.2) is 0 Å². The molecule has 1 aromatic carbocycles. The van der Waals surface area contributed by atoms with E-state index in [2.05, 4.69) is 35.6 Å². The molecule has 0 saturated heterocycles. The fraction of sp³-hybridized carbons (Fsp3) is 0.667. The van der Waals surface area contributed by atoms with Gasteiger partial charge >= 0.3 is 0 Å². The van der Waals surface area contributed by atoms with E-state index in [-0.39, 0.29) is 0 Å². The molecule has 0 aromatic heterocycles. The van der Waals surface area contributed by atoms with Gasteiger partial charge in [-0.2, -0.15) is 0 Å². The van der Waals surface area contributed by atoms with Crippen molar-refractivity contribution in [3.05, 3.63) is 35.9 Å². The number of hydrogen-bond acceptors (Lipinski definition) is 1. The zero-order valence-electron chi connectivity index (χ0n) is 12.0. The predicted molar refractivity (Wildman–Crippen MR) is 81.3 cm³/mol. The van der Waals surface area contributed by atoms with Gasteiger partial charge in [-0.3, -0.25) is 0 Å². The van der Waals surface area contributed by atoms with Gasteiger partial charge in [0.25, 0.3) is 0 Å². The van der Waals surface area contributed by atoms with Crippen LogP contribution in [0.2, 0.25) is 0 Å². The van der Waals surface area contributed by atoms with Crippen LogP contribution in [0.4, 0.5) is 0 Å². The lowest BCUT2D eigenvalue weighted by molar-refractivity contribution is 0.169. The Kier molecular flexibility index (Phi) is 4.22. The Morgan fingerprint density at radius 3 is 2.32 bits per heavy atom. The first-order chi connectivity index (χ1) is 9.36. The van der Waals surface area contributed by atoms with Crippen LogP contribution >= 0.6 is 0 Å². The van der Waals surface area contributed by atoms with Crippen molar-refractivity contribution in [2.45, 2.75) is 63.8 Å². The summed E-state index contributed by atoms with van der Waals surface area (Å²) in [5.41, 5.74) is 2.23. The first-order valence-corrected chi connectivity index (χ1v) is 8.14. The van der Waals surface area contributed by atoms with Gasteiger partial charge in [-0.05, 0) is 62.5 Å². The minimum Gasteiger partial charge on any atom is -0.314 e. The van der Waals surface area contributed by atoms with E-state index in [4.69, 9.17) is 0 Å². The van der Waals surface area contributed by atoms with Crippen LogP contribution in [-0.2, 0) is 6.42 Å². The molecule has 0 bridgehead atoms. The maximum atomic E-state index is 3.78. The minimum atomic E-state index is 0.775. The molecule has 2 aliphatic rings. The second-order valence-corrected chi connectivity index (χ2v) is 6.67. The first-order valence-electron chi connectivity index (χ1n) is 8.14. The van der Waals surface area contributed by atoms with Gasteiger partial charge in [0, 0.05) is 6.04 Å². The quantitative estimate of drug-likeness (QED) is 0.847. The average Bonchev–Trinajstić information content (AvgIpc) is 2.91. The van der Waals surface area contributed by atoms with Crippen LogP contribution in [0.3, 0.4) is 0 Å². The third-order valence-corrected chi connectivity index (χ3v) is 5.40. The largest absolute Gasteiger partial charge is 0.314 e. The summed E-state index contributed by atoms with van der Waals surface area (Å²) in [7, 11) is 0. The predicted octanol–water partition coefficient (Wildman–Crippen LogP) is 4.32. The van der Waals surface area contributed by atoms with E-state index in [9.17, 15) is 0 Å². The van der Waals surface area contributed by atoms with Crippen LogP contribution in [0.1, 0.15) is 56.9 Å². The highest BCUT2D eigenvalue weighted by atomic mass is 14.9. The van der Waals surface area contributed by atoms with Crippen LogP contribution < -0.4 is 5.32 Å². The fourth-order valence-electron chi connectivity index (χ4n) is 4.12. The molecule has 19 heavy (non-hydrogen) atoms. The molecule has 0 radical (unpaired) electrons. The molecule has 2 aliphatic carbocycles. The van der Waals surface area contributed by atoms with Crippen molar-refractivity contribution >= 4 is 0 Å². The smallest absolute Gasteiger partial charge is 0.00676 e. The molecule has 2 fully saturated rings. The van der Waals surface area contributed by atoms with E-state index in [0.717, 1.165) is 18.0 Å². The number of rotatable bonds is 4. The molecule has 0 amide bonds. The van der Waals surface area contributed by atoms with E-state index >= 15 is 0 Å². The van der Waals surface area contributed by atoms with Crippen molar-refractivity contribution in [3.8, 4) is 0 Å². The van der Waals surface area contributed by atoms with Crippen molar-refractivity contribution in [3.63, 3.8) is 0 Å². The Labute approximate surface area is 117 Å². The van der Waals surface area contributed by atoms with Crippen LogP contribution in [0, 0.1) is 5.41 Å². The Bertz CT molecular complexity index is 368. The second kappa shape index (κ2) is 6.09. The Morgan fingerprint density at radius 1 is 0.947 bits per heavy atom. The molecule has 2 saturated carbocycles. The molecule has 1 heteroatoms. The molecular formula is C18H27N. The van der Waals surface area contributed by atoms with Crippen molar-refractivity contribution < 1.29 is 0 Å². The third kappa shape index (κ3) is 3.39. The molecule has 1 nitrogen and oxygen atoms in total. The minimum absolute atomic E-state index is 0.775. The highest BCUT2D eigenvalue weighted by molar-refractivity contribution is 5.14. The van der Waals surface area contributed by atoms with E-state index in [1.54, 1.807) is 0 Å². The van der Waals surface area contributed by atoms with Gasteiger partial charge in [0.05, 0.1) is 0 Å². The topological polar surface area (TPSA) is 12.0 Å².